The number of ether oxygens (including phenoxy) is 3. The monoisotopic (exact) mass is 665 g/mol. The quantitative estimate of drug-likeness (QED) is 0.0883. The van der Waals surface area contributed by atoms with E-state index in [0.29, 0.717) is 24.6 Å². The Morgan fingerprint density at radius 1 is 1.06 bits per heavy atom. The Hall–Kier alpha value is -4.73. The van der Waals surface area contributed by atoms with Gasteiger partial charge in [0.1, 0.15) is 23.7 Å². The van der Waals surface area contributed by atoms with Crippen molar-refractivity contribution in [2.24, 2.45) is 0 Å². The van der Waals surface area contributed by atoms with Gasteiger partial charge in [-0.3, -0.25) is 9.59 Å². The molecule has 4 atom stereocenters. The number of nitrogens with one attached hydrogen (secondary N) is 1. The molecule has 2 aromatic heterocycles. The van der Waals surface area contributed by atoms with Crippen LogP contribution in [0.3, 0.4) is 0 Å². The van der Waals surface area contributed by atoms with Gasteiger partial charge in [-0.2, -0.15) is 5.21 Å². The van der Waals surface area contributed by atoms with Crippen LogP contribution in [0.4, 0.5) is 0 Å². The van der Waals surface area contributed by atoms with Crippen LogP contribution in [-0.2, 0) is 36.8 Å². The summed E-state index contributed by atoms with van der Waals surface area (Å²) < 4.78 is 18.4. The minimum Gasteiger partial charge on any atom is -0.457 e. The maximum atomic E-state index is 13.5. The van der Waals surface area contributed by atoms with Crippen molar-refractivity contribution in [1.82, 2.24) is 30.2 Å². The van der Waals surface area contributed by atoms with Gasteiger partial charge in [0.15, 0.2) is 23.1 Å². The smallest absolute Gasteiger partial charge is 0.306 e. The molecule has 4 aromatic rings. The summed E-state index contributed by atoms with van der Waals surface area (Å²) >= 11 is 6.54. The molecule has 2 aromatic carbocycles. The van der Waals surface area contributed by atoms with E-state index in [4.69, 9.17) is 25.8 Å². The van der Waals surface area contributed by atoms with E-state index < -0.39 is 35.5 Å². The number of H-pyrrole nitrogens is 1. The van der Waals surface area contributed by atoms with E-state index in [0.717, 1.165) is 35.1 Å². The van der Waals surface area contributed by atoms with Crippen LogP contribution < -0.4 is 0 Å². The number of unbranched alkanes of at least 4 members (excludes halogenated alkanes) is 1. The first-order valence-corrected chi connectivity index (χ1v) is 15.6. The Kier molecular flexibility index (Phi) is 9.84. The molecule has 1 N–H and O–H groups in total. The maximum Gasteiger partial charge on any atom is 0.306 e. The minimum atomic E-state index is -0.900. The van der Waals surface area contributed by atoms with Gasteiger partial charge in [-0.25, -0.2) is 4.98 Å². The molecule has 0 spiro atoms. The summed E-state index contributed by atoms with van der Waals surface area (Å²) in [6.07, 6.45) is -0.996. The lowest BCUT2D eigenvalue weighted by Crippen LogP contribution is -2.35. The largest absolute Gasteiger partial charge is 0.457 e. The van der Waals surface area contributed by atoms with E-state index >= 15 is 0 Å². The van der Waals surface area contributed by atoms with Gasteiger partial charge in [0, 0.05) is 24.9 Å². The second-order valence-electron chi connectivity index (χ2n) is 11.2. The van der Waals surface area contributed by atoms with Crippen molar-refractivity contribution in [3.05, 3.63) is 80.9 Å². The van der Waals surface area contributed by atoms with Crippen LogP contribution in [0.15, 0.2) is 48.5 Å². The van der Waals surface area contributed by atoms with E-state index in [1.807, 2.05) is 53.1 Å². The Balaban J connectivity index is 1.13. The van der Waals surface area contributed by atoms with Crippen molar-refractivity contribution in [1.29, 1.82) is 0 Å². The van der Waals surface area contributed by atoms with E-state index in [2.05, 4.69) is 37.4 Å². The standard InChI is InChI=1S/C31H32ClN7O8/c1-2-3-8-25-33-30(32)27(22(40)13-14-26(41)46-23-16-44-29-24(47-39(42)43)17-45-28(23)29)38(25)15-18-9-11-19(12-10-18)20-6-4-5-7-21(20)31-34-36-37-35-31/h4-7,9-12,23-24,28-29H,2-3,8,13-17H2,1H3,(H,34,35,36,37)/t23?,24-,28-,29-/m1/s1. The number of hydrogen-bond donors (Lipinski definition) is 1. The fraction of sp³-hybridized carbons (Fsp3) is 0.419. The summed E-state index contributed by atoms with van der Waals surface area (Å²) in [5.74, 6) is 0.215. The lowest BCUT2D eigenvalue weighted by molar-refractivity contribution is -0.769. The number of aromatic amines is 1. The van der Waals surface area contributed by atoms with Crippen LogP contribution in [0.25, 0.3) is 22.5 Å². The van der Waals surface area contributed by atoms with Crippen molar-refractivity contribution in [2.45, 2.75) is 70.0 Å². The lowest BCUT2D eigenvalue weighted by Gasteiger charge is -2.17. The van der Waals surface area contributed by atoms with Crippen LogP contribution in [0, 0.1) is 10.1 Å². The van der Waals surface area contributed by atoms with Gasteiger partial charge in [0.2, 0.25) is 5.82 Å². The number of esters is 1. The minimum absolute atomic E-state index is 0.00740. The molecule has 4 heterocycles. The van der Waals surface area contributed by atoms with E-state index in [1.54, 1.807) is 0 Å². The zero-order chi connectivity index (χ0) is 32.9. The summed E-state index contributed by atoms with van der Waals surface area (Å²) in [5, 5.41) is 24.3. The van der Waals surface area contributed by atoms with E-state index in [-0.39, 0.29) is 42.7 Å². The molecule has 0 saturated carbocycles. The highest BCUT2D eigenvalue weighted by atomic mass is 35.5. The topological polar surface area (TPSA) is 186 Å². The highest BCUT2D eigenvalue weighted by Gasteiger charge is 2.51. The third-order valence-electron chi connectivity index (χ3n) is 8.16. The van der Waals surface area contributed by atoms with Gasteiger partial charge in [-0.05, 0) is 28.3 Å². The first-order valence-electron chi connectivity index (χ1n) is 15.3. The van der Waals surface area contributed by atoms with Crippen molar-refractivity contribution < 1.29 is 33.7 Å². The highest BCUT2D eigenvalue weighted by Crippen LogP contribution is 2.32. The molecule has 0 radical (unpaired) electrons. The number of carbonyl (C=O) groups excluding carboxylic acids is 2. The van der Waals surface area contributed by atoms with Gasteiger partial charge < -0.3 is 23.6 Å². The summed E-state index contributed by atoms with van der Waals surface area (Å²) in [6, 6.07) is 15.7. The highest BCUT2D eigenvalue weighted by molar-refractivity contribution is 6.32. The normalized spacial score (nSPS) is 20.2. The number of ketones is 1. The van der Waals surface area contributed by atoms with Gasteiger partial charge >= 0.3 is 5.97 Å². The Morgan fingerprint density at radius 2 is 1.79 bits per heavy atom. The molecule has 16 heteroatoms. The number of tetrazole rings is 1. The lowest BCUT2D eigenvalue weighted by atomic mass is 9.98. The Bertz CT molecular complexity index is 1730. The van der Waals surface area contributed by atoms with Crippen LogP contribution in [0.5, 0.6) is 0 Å². The molecule has 2 fully saturated rings. The van der Waals surface area contributed by atoms with E-state index in [9.17, 15) is 19.7 Å². The number of nitrogens with zero attached hydrogens (tertiary/aromatic N) is 6. The number of Topliss-reactive ketones (excluding diaryl/α,β-unsaturated/α-hetero) is 1. The number of carbonyl (C=O) groups is 2. The molecule has 2 aliphatic rings. The Labute approximate surface area is 273 Å². The molecule has 15 nitrogen and oxygen atoms in total. The molecule has 1 unspecified atom stereocenters. The average Bonchev–Trinajstić information content (AvgIpc) is 3.87. The SMILES string of the molecule is CCCCc1nc(Cl)c(C(=O)CCC(=O)OC2CO[C@H]3[C@@H]2OC[C@H]3O[N+](=O)[O-])n1Cc1ccc(-c2ccccc2-c2nn[nH]n2)cc1. The van der Waals surface area contributed by atoms with Crippen molar-refractivity contribution >= 4 is 23.4 Å². The number of aromatic nitrogens is 6. The van der Waals surface area contributed by atoms with Gasteiger partial charge in [0.25, 0.3) is 5.09 Å². The number of halogens is 1. The van der Waals surface area contributed by atoms with Gasteiger partial charge in [-0.1, -0.05) is 73.5 Å². The van der Waals surface area contributed by atoms with Crippen LogP contribution in [0.2, 0.25) is 5.15 Å². The van der Waals surface area contributed by atoms with Crippen LogP contribution in [0.1, 0.15) is 54.5 Å². The zero-order valence-corrected chi connectivity index (χ0v) is 26.2. The number of imidazole rings is 1. The number of fused-ring (bicyclic) bond motifs is 1. The molecular weight excluding hydrogens is 634 g/mol. The molecule has 0 amide bonds. The van der Waals surface area contributed by atoms with Crippen molar-refractivity contribution in [3.8, 4) is 22.5 Å². The Morgan fingerprint density at radius 3 is 2.49 bits per heavy atom. The average molecular weight is 666 g/mol. The summed E-state index contributed by atoms with van der Waals surface area (Å²) in [5.41, 5.74) is 3.91. The second kappa shape index (κ2) is 14.4. The van der Waals surface area contributed by atoms with Crippen molar-refractivity contribution in [3.63, 3.8) is 0 Å². The molecule has 47 heavy (non-hydrogen) atoms. The number of hydrogen-bond acceptors (Lipinski definition) is 12. The third kappa shape index (κ3) is 7.16. The summed E-state index contributed by atoms with van der Waals surface area (Å²) in [4.78, 5) is 46.1. The molecule has 0 aliphatic carbocycles. The third-order valence-corrected chi connectivity index (χ3v) is 8.43. The van der Waals surface area contributed by atoms with Gasteiger partial charge in [-0.15, -0.1) is 20.3 Å². The molecule has 2 aliphatic heterocycles. The molecular formula is C31H32ClN7O8. The second-order valence-corrected chi connectivity index (χ2v) is 11.6. The fourth-order valence-electron chi connectivity index (χ4n) is 5.90. The van der Waals surface area contributed by atoms with E-state index in [1.165, 1.54) is 0 Å². The number of benzene rings is 2. The van der Waals surface area contributed by atoms with Crippen molar-refractivity contribution in [2.75, 3.05) is 13.2 Å². The predicted octanol–water partition coefficient (Wildman–Crippen LogP) is 4.02. The van der Waals surface area contributed by atoms with Crippen LogP contribution >= 0.6 is 11.6 Å². The predicted molar refractivity (Wildman–Crippen MR) is 165 cm³/mol. The maximum absolute atomic E-state index is 13.5. The first kappa shape index (κ1) is 32.2. The number of rotatable bonds is 14. The molecule has 246 valence electrons. The number of aryl methyl sites for hydroxylation is 1. The van der Waals surface area contributed by atoms with Crippen LogP contribution in [-0.4, -0.2) is 84.6 Å². The fourth-order valence-corrected chi connectivity index (χ4v) is 6.20. The molecule has 0 bridgehead atoms. The molecule has 6 rings (SSSR count). The molecule has 2 saturated heterocycles. The summed E-state index contributed by atoms with van der Waals surface area (Å²) in [6.45, 7) is 2.38. The van der Waals surface area contributed by atoms with Gasteiger partial charge in [0.05, 0.1) is 19.6 Å². The first-order chi connectivity index (χ1) is 22.8. The summed E-state index contributed by atoms with van der Waals surface area (Å²) in [7, 11) is 0. The zero-order valence-electron chi connectivity index (χ0n) is 25.4.